The lowest BCUT2D eigenvalue weighted by molar-refractivity contribution is -0.140. The minimum atomic E-state index is -4.96. The monoisotopic (exact) mass is 340 g/mol. The van der Waals surface area contributed by atoms with Gasteiger partial charge < -0.3 is 10.0 Å². The van der Waals surface area contributed by atoms with Crippen LogP contribution in [0, 0.1) is 11.3 Å². The van der Waals surface area contributed by atoms with Crippen molar-refractivity contribution >= 4 is 11.7 Å². The molecule has 0 aliphatic carbocycles. The van der Waals surface area contributed by atoms with Crippen LogP contribution in [0.3, 0.4) is 0 Å². The van der Waals surface area contributed by atoms with E-state index in [0.29, 0.717) is 12.1 Å². The first-order valence-electron chi connectivity index (χ1n) is 6.04. The molecule has 0 spiro atoms. The van der Waals surface area contributed by atoms with Crippen LogP contribution in [-0.4, -0.2) is 29.8 Å². The van der Waals surface area contributed by atoms with E-state index in [9.17, 15) is 31.1 Å². The van der Waals surface area contributed by atoms with E-state index in [-0.39, 0.29) is 4.90 Å². The number of alkyl halides is 6. The average Bonchev–Trinajstić information content (AvgIpc) is 2.41. The maximum absolute atomic E-state index is 12.9. The molecule has 126 valence electrons. The molecular weight excluding hydrogens is 330 g/mol. The molecule has 1 unspecified atom stereocenters. The quantitative estimate of drug-likeness (QED) is 0.853. The van der Waals surface area contributed by atoms with Gasteiger partial charge in [-0.25, -0.2) is 4.79 Å². The molecule has 1 aromatic rings. The Morgan fingerprint density at radius 1 is 1.30 bits per heavy atom. The SMILES string of the molecule is CC(C(=O)O)N(CC(F)(F)F)c1ccc(C#N)c(C(F)(F)F)c1. The van der Waals surface area contributed by atoms with Crippen LogP contribution < -0.4 is 4.90 Å². The fourth-order valence-corrected chi connectivity index (χ4v) is 1.82. The van der Waals surface area contributed by atoms with Crippen LogP contribution in [0.5, 0.6) is 0 Å². The van der Waals surface area contributed by atoms with Gasteiger partial charge in [-0.3, -0.25) is 0 Å². The van der Waals surface area contributed by atoms with Crippen molar-refractivity contribution < 1.29 is 36.2 Å². The lowest BCUT2D eigenvalue weighted by Crippen LogP contribution is -2.44. The molecule has 0 heterocycles. The van der Waals surface area contributed by atoms with Crippen LogP contribution >= 0.6 is 0 Å². The molecule has 0 fully saturated rings. The van der Waals surface area contributed by atoms with Crippen molar-refractivity contribution in [2.45, 2.75) is 25.3 Å². The van der Waals surface area contributed by atoms with Crippen molar-refractivity contribution in [1.82, 2.24) is 0 Å². The molecular formula is C13H10F6N2O2. The smallest absolute Gasteiger partial charge is 0.417 e. The molecule has 10 heteroatoms. The van der Waals surface area contributed by atoms with Gasteiger partial charge in [-0.2, -0.15) is 31.6 Å². The summed E-state index contributed by atoms with van der Waals surface area (Å²) in [4.78, 5) is 11.2. The predicted octanol–water partition coefficient (Wildman–Crippen LogP) is 3.42. The summed E-state index contributed by atoms with van der Waals surface area (Å²) in [5, 5.41) is 17.5. The number of carbonyl (C=O) groups is 1. The van der Waals surface area contributed by atoms with Crippen molar-refractivity contribution in [3.05, 3.63) is 29.3 Å². The first kappa shape index (κ1) is 18.6. The van der Waals surface area contributed by atoms with E-state index in [2.05, 4.69) is 0 Å². The first-order valence-corrected chi connectivity index (χ1v) is 6.04. The normalized spacial score (nSPS) is 13.3. The summed E-state index contributed by atoms with van der Waals surface area (Å²) in [5.74, 6) is -1.63. The van der Waals surface area contributed by atoms with E-state index in [1.807, 2.05) is 0 Å². The summed E-state index contributed by atoms with van der Waals surface area (Å²) in [6.45, 7) is -0.830. The van der Waals surface area contributed by atoms with Crippen molar-refractivity contribution in [1.29, 1.82) is 5.26 Å². The summed E-state index contributed by atoms with van der Waals surface area (Å²) in [6.07, 6.45) is -9.78. The molecule has 0 aliphatic heterocycles. The van der Waals surface area contributed by atoms with E-state index in [1.165, 1.54) is 6.07 Å². The van der Waals surface area contributed by atoms with E-state index in [0.717, 1.165) is 13.0 Å². The average molecular weight is 340 g/mol. The largest absolute Gasteiger partial charge is 0.480 e. The molecule has 0 bridgehead atoms. The van der Waals surface area contributed by atoms with E-state index < -0.39 is 47.7 Å². The van der Waals surface area contributed by atoms with Gasteiger partial charge in [0.1, 0.15) is 12.6 Å². The van der Waals surface area contributed by atoms with Crippen LogP contribution in [0.4, 0.5) is 32.0 Å². The van der Waals surface area contributed by atoms with E-state index >= 15 is 0 Å². The molecule has 1 atom stereocenters. The number of nitriles is 1. The Morgan fingerprint density at radius 3 is 2.26 bits per heavy atom. The third kappa shape index (κ3) is 4.77. The van der Waals surface area contributed by atoms with Gasteiger partial charge in [0.05, 0.1) is 17.2 Å². The number of hydrogen-bond acceptors (Lipinski definition) is 3. The Morgan fingerprint density at radius 2 is 1.87 bits per heavy atom. The molecule has 1 rings (SSSR count). The fourth-order valence-electron chi connectivity index (χ4n) is 1.82. The Balaban J connectivity index is 3.43. The third-order valence-electron chi connectivity index (χ3n) is 2.94. The highest BCUT2D eigenvalue weighted by Gasteiger charge is 2.38. The lowest BCUT2D eigenvalue weighted by Gasteiger charge is -2.30. The minimum Gasteiger partial charge on any atom is -0.480 e. The maximum Gasteiger partial charge on any atom is 0.417 e. The predicted molar refractivity (Wildman–Crippen MR) is 66.7 cm³/mol. The number of hydrogen-bond donors (Lipinski definition) is 1. The second-order valence-electron chi connectivity index (χ2n) is 4.60. The zero-order valence-electron chi connectivity index (χ0n) is 11.5. The number of carboxylic acid groups (broad SMARTS) is 1. The molecule has 0 aromatic heterocycles. The molecule has 0 saturated carbocycles. The van der Waals surface area contributed by atoms with Crippen molar-refractivity contribution in [3.63, 3.8) is 0 Å². The molecule has 0 amide bonds. The van der Waals surface area contributed by atoms with Gasteiger partial charge in [-0.05, 0) is 25.1 Å². The van der Waals surface area contributed by atoms with Crippen LogP contribution in [-0.2, 0) is 11.0 Å². The summed E-state index contributed by atoms with van der Waals surface area (Å²) < 4.78 is 76.4. The standard InChI is InChI=1S/C13H10F6N2O2/c1-7(11(22)23)21(6-12(14,15)16)9-3-2-8(5-20)10(4-9)13(17,18)19/h2-4,7H,6H2,1H3,(H,22,23). The van der Waals surface area contributed by atoms with Crippen molar-refractivity contribution in [2.24, 2.45) is 0 Å². The van der Waals surface area contributed by atoms with Crippen LogP contribution in [0.1, 0.15) is 18.1 Å². The number of nitrogens with zero attached hydrogens (tertiary/aromatic N) is 2. The molecule has 1 aromatic carbocycles. The van der Waals surface area contributed by atoms with Crippen molar-refractivity contribution in [2.75, 3.05) is 11.4 Å². The Labute approximate surface area is 126 Å². The summed E-state index contributed by atoms with van der Waals surface area (Å²) in [5.41, 5.74) is -2.79. The highest BCUT2D eigenvalue weighted by molar-refractivity contribution is 5.78. The number of carboxylic acids is 1. The Kier molecular flexibility index (Phi) is 5.14. The van der Waals surface area contributed by atoms with Gasteiger partial charge in [-0.15, -0.1) is 0 Å². The molecule has 0 radical (unpaired) electrons. The van der Waals surface area contributed by atoms with E-state index in [4.69, 9.17) is 10.4 Å². The first-order chi connectivity index (χ1) is 10.4. The van der Waals surface area contributed by atoms with Gasteiger partial charge in [-0.1, -0.05) is 0 Å². The number of halogens is 6. The van der Waals surface area contributed by atoms with Gasteiger partial charge in [0, 0.05) is 5.69 Å². The molecule has 0 saturated heterocycles. The van der Waals surface area contributed by atoms with Crippen LogP contribution in [0.2, 0.25) is 0 Å². The van der Waals surface area contributed by atoms with Gasteiger partial charge in [0.2, 0.25) is 0 Å². The van der Waals surface area contributed by atoms with Gasteiger partial charge >= 0.3 is 18.3 Å². The second-order valence-corrected chi connectivity index (χ2v) is 4.60. The molecule has 1 N–H and O–H groups in total. The molecule has 0 aliphatic rings. The summed E-state index contributed by atoms with van der Waals surface area (Å²) >= 11 is 0. The molecule has 4 nitrogen and oxygen atoms in total. The highest BCUT2D eigenvalue weighted by atomic mass is 19.4. The van der Waals surface area contributed by atoms with E-state index in [1.54, 1.807) is 0 Å². The zero-order valence-corrected chi connectivity index (χ0v) is 11.5. The molecule has 23 heavy (non-hydrogen) atoms. The van der Waals surface area contributed by atoms with Gasteiger partial charge in [0.25, 0.3) is 0 Å². The van der Waals surface area contributed by atoms with Gasteiger partial charge in [0.15, 0.2) is 0 Å². The zero-order chi connectivity index (χ0) is 18.0. The highest BCUT2D eigenvalue weighted by Crippen LogP contribution is 2.35. The topological polar surface area (TPSA) is 64.3 Å². The number of anilines is 1. The lowest BCUT2D eigenvalue weighted by atomic mass is 10.1. The number of benzene rings is 1. The second kappa shape index (κ2) is 6.36. The number of rotatable bonds is 4. The Hall–Kier alpha value is -2.44. The van der Waals surface area contributed by atoms with Crippen LogP contribution in [0.15, 0.2) is 18.2 Å². The fraction of sp³-hybridized carbons (Fsp3) is 0.385. The summed E-state index contributed by atoms with van der Waals surface area (Å²) in [6, 6.07) is 1.46. The minimum absolute atomic E-state index is 0.277. The maximum atomic E-state index is 12.9. The van der Waals surface area contributed by atoms with Crippen molar-refractivity contribution in [3.8, 4) is 6.07 Å². The Bertz CT molecular complexity index is 633. The van der Waals surface area contributed by atoms with Crippen LogP contribution in [0.25, 0.3) is 0 Å². The summed E-state index contributed by atoms with van der Waals surface area (Å²) in [7, 11) is 0. The third-order valence-corrected chi connectivity index (χ3v) is 2.94. The number of aliphatic carboxylic acids is 1.